The second kappa shape index (κ2) is 3.21. The number of hydrogen-bond donors (Lipinski definition) is 0. The molecule has 76 valence electrons. The molecule has 0 heteroatoms. The van der Waals surface area contributed by atoms with E-state index in [9.17, 15) is 0 Å². The van der Waals surface area contributed by atoms with Crippen LogP contribution in [0.5, 0.6) is 0 Å². The van der Waals surface area contributed by atoms with E-state index in [0.29, 0.717) is 0 Å². The molecule has 16 heavy (non-hydrogen) atoms. The summed E-state index contributed by atoms with van der Waals surface area (Å²) < 4.78 is 0. The minimum Gasteiger partial charge on any atom is -0.0984 e. The van der Waals surface area contributed by atoms with Crippen LogP contribution in [0.1, 0.15) is 11.1 Å². The summed E-state index contributed by atoms with van der Waals surface area (Å²) >= 11 is 0. The van der Waals surface area contributed by atoms with Crippen LogP contribution in [0.3, 0.4) is 0 Å². The van der Waals surface area contributed by atoms with Gasteiger partial charge in [0.15, 0.2) is 0 Å². The summed E-state index contributed by atoms with van der Waals surface area (Å²) in [5, 5.41) is 0. The molecule has 0 unspecified atom stereocenters. The molecule has 0 amide bonds. The van der Waals surface area contributed by atoms with Gasteiger partial charge in [0.25, 0.3) is 0 Å². The molecular formula is C16H12. The summed E-state index contributed by atoms with van der Waals surface area (Å²) in [6, 6.07) is 12.8. The monoisotopic (exact) mass is 204 g/mol. The number of fused-ring (bicyclic) bond motifs is 4. The first-order chi connectivity index (χ1) is 7.86. The molecule has 3 rings (SSSR count). The predicted octanol–water partition coefficient (Wildman–Crippen LogP) is 4.62. The predicted molar refractivity (Wildman–Crippen MR) is 71.1 cm³/mol. The van der Waals surface area contributed by atoms with E-state index in [1.165, 1.54) is 27.8 Å². The van der Waals surface area contributed by atoms with Crippen molar-refractivity contribution in [2.45, 2.75) is 0 Å². The van der Waals surface area contributed by atoms with Crippen molar-refractivity contribution >= 4 is 12.2 Å². The van der Waals surface area contributed by atoms with E-state index < -0.39 is 0 Å². The zero-order chi connectivity index (χ0) is 11.1. The van der Waals surface area contributed by atoms with Crippen LogP contribution in [-0.2, 0) is 0 Å². The maximum atomic E-state index is 3.90. The van der Waals surface area contributed by atoms with Crippen molar-refractivity contribution in [1.82, 2.24) is 0 Å². The largest absolute Gasteiger partial charge is 0.0984 e. The maximum Gasteiger partial charge on any atom is -0.00206 e. The molecule has 0 N–H and O–H groups in total. The number of benzene rings is 2. The Labute approximate surface area is 95.6 Å². The Bertz CT molecular complexity index is 603. The molecule has 2 aromatic rings. The van der Waals surface area contributed by atoms with Crippen molar-refractivity contribution < 1.29 is 0 Å². The van der Waals surface area contributed by atoms with Gasteiger partial charge < -0.3 is 0 Å². The van der Waals surface area contributed by atoms with Crippen molar-refractivity contribution in [3.63, 3.8) is 0 Å². The topological polar surface area (TPSA) is 0 Å². The highest BCUT2D eigenvalue weighted by molar-refractivity contribution is 6.06. The van der Waals surface area contributed by atoms with Gasteiger partial charge in [-0.2, -0.15) is 0 Å². The molecule has 0 aromatic heterocycles. The van der Waals surface area contributed by atoms with Gasteiger partial charge in [0, 0.05) is 0 Å². The lowest BCUT2D eigenvalue weighted by Crippen LogP contribution is -2.01. The molecule has 0 bridgehead atoms. The Morgan fingerprint density at radius 2 is 1.50 bits per heavy atom. The summed E-state index contributed by atoms with van der Waals surface area (Å²) in [5.74, 6) is 0. The Balaban J connectivity index is 2.33. The number of rotatable bonds is 2. The highest BCUT2D eigenvalue weighted by atomic mass is 14.3. The normalized spacial score (nSPS) is 11.0. The van der Waals surface area contributed by atoms with Crippen LogP contribution in [-0.4, -0.2) is 0 Å². The smallest absolute Gasteiger partial charge is 0.00206 e. The van der Waals surface area contributed by atoms with E-state index in [4.69, 9.17) is 0 Å². The van der Waals surface area contributed by atoms with Gasteiger partial charge in [0.05, 0.1) is 0 Å². The van der Waals surface area contributed by atoms with E-state index in [2.05, 4.69) is 49.6 Å². The van der Waals surface area contributed by atoms with Crippen LogP contribution < -0.4 is 0 Å². The highest BCUT2D eigenvalue weighted by Crippen LogP contribution is 2.49. The SMILES string of the molecule is C=Cc1ccc2c(c1C=C)-c1ccccc1-2. The van der Waals surface area contributed by atoms with Gasteiger partial charge in [-0.15, -0.1) is 0 Å². The first-order valence-electron chi connectivity index (χ1n) is 5.38. The summed E-state index contributed by atoms with van der Waals surface area (Å²) in [4.78, 5) is 0. The lowest BCUT2D eigenvalue weighted by atomic mass is 9.76. The fraction of sp³-hybridized carbons (Fsp3) is 0. The standard InChI is InChI=1S/C16H12/c1-3-11-9-10-15-13-7-5-6-8-14(13)16(15)12(11)4-2/h3-10H,1-2H2. The lowest BCUT2D eigenvalue weighted by molar-refractivity contribution is 1.49. The van der Waals surface area contributed by atoms with Crippen molar-refractivity contribution in [2.24, 2.45) is 0 Å². The molecule has 0 saturated carbocycles. The maximum absolute atomic E-state index is 3.90. The Morgan fingerprint density at radius 1 is 0.750 bits per heavy atom. The zero-order valence-electron chi connectivity index (χ0n) is 9.03. The van der Waals surface area contributed by atoms with Crippen LogP contribution in [0.25, 0.3) is 34.4 Å². The molecule has 0 radical (unpaired) electrons. The first kappa shape index (κ1) is 9.17. The van der Waals surface area contributed by atoms with Crippen LogP contribution in [0, 0.1) is 0 Å². The Morgan fingerprint density at radius 3 is 2.19 bits per heavy atom. The average molecular weight is 204 g/mol. The minimum absolute atomic E-state index is 1.16. The van der Waals surface area contributed by atoms with Crippen LogP contribution in [0.4, 0.5) is 0 Å². The van der Waals surface area contributed by atoms with Crippen LogP contribution >= 0.6 is 0 Å². The van der Waals surface area contributed by atoms with Gasteiger partial charge in [-0.1, -0.05) is 61.7 Å². The van der Waals surface area contributed by atoms with Gasteiger partial charge in [-0.3, -0.25) is 0 Å². The van der Waals surface area contributed by atoms with Gasteiger partial charge in [0.2, 0.25) is 0 Å². The average Bonchev–Trinajstić information content (AvgIpc) is 2.34. The third-order valence-electron chi connectivity index (χ3n) is 3.19. The van der Waals surface area contributed by atoms with Gasteiger partial charge in [-0.25, -0.2) is 0 Å². The molecular weight excluding hydrogens is 192 g/mol. The summed E-state index contributed by atoms with van der Waals surface area (Å²) in [5.41, 5.74) is 7.68. The quantitative estimate of drug-likeness (QED) is 0.571. The first-order valence-corrected chi connectivity index (χ1v) is 5.38. The Kier molecular flexibility index (Phi) is 1.84. The third kappa shape index (κ3) is 0.989. The molecule has 0 fully saturated rings. The fourth-order valence-corrected chi connectivity index (χ4v) is 2.42. The van der Waals surface area contributed by atoms with Crippen molar-refractivity contribution in [1.29, 1.82) is 0 Å². The second-order valence-corrected chi connectivity index (χ2v) is 3.94. The molecule has 1 aliphatic carbocycles. The summed E-state index contributed by atoms with van der Waals surface area (Å²) in [6.07, 6.45) is 3.81. The molecule has 0 spiro atoms. The molecule has 0 saturated heterocycles. The number of hydrogen-bond acceptors (Lipinski definition) is 0. The van der Waals surface area contributed by atoms with E-state index in [1.54, 1.807) is 0 Å². The van der Waals surface area contributed by atoms with Crippen molar-refractivity contribution in [2.75, 3.05) is 0 Å². The van der Waals surface area contributed by atoms with Crippen molar-refractivity contribution in [3.8, 4) is 22.3 Å². The molecule has 0 heterocycles. The van der Waals surface area contributed by atoms with E-state index in [1.807, 2.05) is 12.2 Å². The van der Waals surface area contributed by atoms with Crippen molar-refractivity contribution in [3.05, 3.63) is 60.7 Å². The molecule has 0 atom stereocenters. The van der Waals surface area contributed by atoms with Crippen LogP contribution in [0.15, 0.2) is 49.6 Å². The van der Waals surface area contributed by atoms with Gasteiger partial charge in [0.1, 0.15) is 0 Å². The molecule has 1 aliphatic rings. The zero-order valence-corrected chi connectivity index (χ0v) is 9.03. The Hall–Kier alpha value is -2.08. The molecule has 0 aliphatic heterocycles. The fourth-order valence-electron chi connectivity index (χ4n) is 2.42. The van der Waals surface area contributed by atoms with E-state index in [0.717, 1.165) is 5.56 Å². The molecule has 2 aromatic carbocycles. The van der Waals surface area contributed by atoms with Crippen LogP contribution in [0.2, 0.25) is 0 Å². The van der Waals surface area contributed by atoms with E-state index >= 15 is 0 Å². The highest BCUT2D eigenvalue weighted by Gasteiger charge is 2.24. The summed E-state index contributed by atoms with van der Waals surface area (Å²) in [7, 11) is 0. The molecule has 0 nitrogen and oxygen atoms in total. The van der Waals surface area contributed by atoms with Gasteiger partial charge in [-0.05, 0) is 33.4 Å². The minimum atomic E-state index is 1.16. The third-order valence-corrected chi connectivity index (χ3v) is 3.19. The van der Waals surface area contributed by atoms with E-state index in [-0.39, 0.29) is 0 Å². The lowest BCUT2D eigenvalue weighted by Gasteiger charge is -2.26. The summed E-state index contributed by atoms with van der Waals surface area (Å²) in [6.45, 7) is 7.74. The second-order valence-electron chi connectivity index (χ2n) is 3.94. The van der Waals surface area contributed by atoms with Gasteiger partial charge >= 0.3 is 0 Å².